The van der Waals surface area contributed by atoms with Crippen LogP contribution < -0.4 is 4.74 Å². The molecule has 1 heterocycles. The van der Waals surface area contributed by atoms with E-state index in [0.29, 0.717) is 16.8 Å². The number of nitrogens with one attached hydrogen (secondary N) is 1. The van der Waals surface area contributed by atoms with Gasteiger partial charge in [-0.25, -0.2) is 8.78 Å². The smallest absolute Gasteiger partial charge is 0.182 e. The third kappa shape index (κ3) is 1.98. The highest BCUT2D eigenvalue weighted by Crippen LogP contribution is 2.25. The van der Waals surface area contributed by atoms with Gasteiger partial charge in [0.25, 0.3) is 0 Å². The lowest BCUT2D eigenvalue weighted by Gasteiger charge is -2.08. The van der Waals surface area contributed by atoms with Gasteiger partial charge in [-0.15, -0.1) is 0 Å². The predicted molar refractivity (Wildman–Crippen MR) is 74.9 cm³/mol. The Kier molecular flexibility index (Phi) is 3.02. The molecule has 6 heteroatoms. The predicted octanol–water partition coefficient (Wildman–Crippen LogP) is 3.97. The molecule has 0 saturated carbocycles. The van der Waals surface area contributed by atoms with Gasteiger partial charge >= 0.3 is 0 Å². The summed E-state index contributed by atoms with van der Waals surface area (Å²) in [6.07, 6.45) is 0. The monoisotopic (exact) mass is 292 g/mol. The Labute approximate surface area is 118 Å². The van der Waals surface area contributed by atoms with Crippen molar-refractivity contribution in [1.82, 2.24) is 9.55 Å². The van der Waals surface area contributed by atoms with Gasteiger partial charge < -0.3 is 9.72 Å². The van der Waals surface area contributed by atoms with Gasteiger partial charge in [0, 0.05) is 6.07 Å². The SMILES string of the molecule is COc1ccc(F)c(-n2c(=S)[nH]c3cc(F)ccc32)c1. The van der Waals surface area contributed by atoms with Crippen LogP contribution >= 0.6 is 12.2 Å². The highest BCUT2D eigenvalue weighted by atomic mass is 32.1. The van der Waals surface area contributed by atoms with Crippen LogP contribution in [-0.4, -0.2) is 16.7 Å². The summed E-state index contributed by atoms with van der Waals surface area (Å²) in [5, 5.41) is 0. The third-order valence-corrected chi connectivity index (χ3v) is 3.32. The maximum atomic E-state index is 14.0. The second-order valence-electron chi connectivity index (χ2n) is 4.24. The number of halogens is 2. The Balaban J connectivity index is 2.34. The molecule has 3 rings (SSSR count). The maximum Gasteiger partial charge on any atom is 0.182 e. The topological polar surface area (TPSA) is 29.9 Å². The zero-order valence-corrected chi connectivity index (χ0v) is 11.3. The van der Waals surface area contributed by atoms with Gasteiger partial charge in [-0.1, -0.05) is 0 Å². The molecule has 0 amide bonds. The Hall–Kier alpha value is -2.21. The van der Waals surface area contributed by atoms with Crippen LogP contribution in [0.3, 0.4) is 0 Å². The summed E-state index contributed by atoms with van der Waals surface area (Å²) in [6.45, 7) is 0. The number of aromatic amines is 1. The van der Waals surface area contributed by atoms with E-state index in [2.05, 4.69) is 4.98 Å². The Morgan fingerprint density at radius 3 is 2.70 bits per heavy atom. The lowest BCUT2D eigenvalue weighted by molar-refractivity contribution is 0.413. The molecule has 102 valence electrons. The number of fused-ring (bicyclic) bond motifs is 1. The van der Waals surface area contributed by atoms with Crippen molar-refractivity contribution >= 4 is 23.3 Å². The van der Waals surface area contributed by atoms with Crippen LogP contribution in [0.2, 0.25) is 0 Å². The minimum absolute atomic E-state index is 0.257. The number of rotatable bonds is 2. The zero-order chi connectivity index (χ0) is 14.3. The van der Waals surface area contributed by atoms with E-state index in [1.807, 2.05) is 0 Å². The maximum absolute atomic E-state index is 14.0. The van der Waals surface area contributed by atoms with Gasteiger partial charge in [-0.2, -0.15) is 0 Å². The molecule has 3 aromatic rings. The molecule has 0 fully saturated rings. The minimum Gasteiger partial charge on any atom is -0.497 e. The molecule has 2 aromatic carbocycles. The molecule has 20 heavy (non-hydrogen) atoms. The fourth-order valence-electron chi connectivity index (χ4n) is 2.11. The normalized spacial score (nSPS) is 10.9. The van der Waals surface area contributed by atoms with Crippen LogP contribution in [0.4, 0.5) is 8.78 Å². The van der Waals surface area contributed by atoms with Crippen molar-refractivity contribution in [1.29, 1.82) is 0 Å². The van der Waals surface area contributed by atoms with Crippen molar-refractivity contribution in [3.63, 3.8) is 0 Å². The van der Waals surface area contributed by atoms with Crippen molar-refractivity contribution in [3.8, 4) is 11.4 Å². The minimum atomic E-state index is -0.438. The number of methoxy groups -OCH3 is 1. The van der Waals surface area contributed by atoms with Gasteiger partial charge in [0.1, 0.15) is 17.4 Å². The largest absolute Gasteiger partial charge is 0.497 e. The number of ether oxygens (including phenoxy) is 1. The number of hydrogen-bond donors (Lipinski definition) is 1. The second-order valence-corrected chi connectivity index (χ2v) is 4.63. The quantitative estimate of drug-likeness (QED) is 0.724. The van der Waals surface area contributed by atoms with Crippen LogP contribution in [0.5, 0.6) is 5.75 Å². The molecule has 0 saturated heterocycles. The average molecular weight is 292 g/mol. The van der Waals surface area contributed by atoms with Crippen molar-refractivity contribution in [2.24, 2.45) is 0 Å². The number of nitrogens with zero attached hydrogens (tertiary/aromatic N) is 1. The summed E-state index contributed by atoms with van der Waals surface area (Å²) in [4.78, 5) is 2.86. The van der Waals surface area contributed by atoms with E-state index < -0.39 is 5.82 Å². The molecule has 0 spiro atoms. The highest BCUT2D eigenvalue weighted by Gasteiger charge is 2.12. The van der Waals surface area contributed by atoms with Gasteiger partial charge in [0.05, 0.1) is 23.8 Å². The zero-order valence-electron chi connectivity index (χ0n) is 10.5. The van der Waals surface area contributed by atoms with Gasteiger partial charge in [0.15, 0.2) is 4.77 Å². The summed E-state index contributed by atoms with van der Waals surface area (Å²) in [7, 11) is 1.50. The first-order chi connectivity index (χ1) is 9.60. The molecule has 1 aromatic heterocycles. The molecule has 0 bridgehead atoms. The summed E-state index contributed by atoms with van der Waals surface area (Å²) >= 11 is 5.19. The first-order valence-corrected chi connectivity index (χ1v) is 6.25. The third-order valence-electron chi connectivity index (χ3n) is 3.04. The number of imidazole rings is 1. The number of benzene rings is 2. The van der Waals surface area contributed by atoms with E-state index in [9.17, 15) is 8.78 Å². The van der Waals surface area contributed by atoms with E-state index in [-0.39, 0.29) is 16.3 Å². The summed E-state index contributed by atoms with van der Waals surface area (Å²) in [5.41, 5.74) is 1.37. The van der Waals surface area contributed by atoms with E-state index in [1.54, 1.807) is 12.1 Å². The highest BCUT2D eigenvalue weighted by molar-refractivity contribution is 7.71. The number of hydrogen-bond acceptors (Lipinski definition) is 2. The average Bonchev–Trinajstić information content (AvgIpc) is 2.74. The molecule has 0 unspecified atom stereocenters. The first kappa shape index (κ1) is 12.8. The standard InChI is InChI=1S/C14H10F2N2OS/c1-19-9-3-4-10(16)13(7-9)18-12-5-2-8(15)6-11(12)17-14(18)20/h2-7H,1H3,(H,17,20). The number of H-pyrrole nitrogens is 1. The molecule has 0 atom stereocenters. The Morgan fingerprint density at radius 2 is 1.95 bits per heavy atom. The summed E-state index contributed by atoms with van der Waals surface area (Å²) in [6, 6.07) is 8.55. The molecular weight excluding hydrogens is 282 g/mol. The summed E-state index contributed by atoms with van der Waals surface area (Å²) in [5.74, 6) is -0.307. The molecule has 3 nitrogen and oxygen atoms in total. The first-order valence-electron chi connectivity index (χ1n) is 5.84. The van der Waals surface area contributed by atoms with Crippen molar-refractivity contribution in [2.75, 3.05) is 7.11 Å². The van der Waals surface area contributed by atoms with Crippen molar-refractivity contribution in [2.45, 2.75) is 0 Å². The second kappa shape index (κ2) is 4.72. The van der Waals surface area contributed by atoms with Gasteiger partial charge in [-0.3, -0.25) is 4.57 Å². The van der Waals surface area contributed by atoms with Crippen molar-refractivity contribution in [3.05, 3.63) is 52.8 Å². The molecule has 0 aliphatic rings. The van der Waals surface area contributed by atoms with E-state index in [0.717, 1.165) is 0 Å². The van der Waals surface area contributed by atoms with Crippen LogP contribution in [0.25, 0.3) is 16.7 Å². The number of aromatic nitrogens is 2. The Bertz CT molecular complexity index is 854. The molecule has 0 radical (unpaired) electrons. The molecule has 0 aliphatic carbocycles. The van der Waals surface area contributed by atoms with Crippen molar-refractivity contribution < 1.29 is 13.5 Å². The lowest BCUT2D eigenvalue weighted by Crippen LogP contribution is -1.98. The molecule has 0 aliphatic heterocycles. The van der Waals surface area contributed by atoms with Gasteiger partial charge in [-0.05, 0) is 42.5 Å². The van der Waals surface area contributed by atoms with E-state index in [1.165, 1.54) is 35.9 Å². The van der Waals surface area contributed by atoms with Crippen LogP contribution in [0.15, 0.2) is 36.4 Å². The summed E-state index contributed by atoms with van der Waals surface area (Å²) < 4.78 is 34.2. The molecule has 1 N–H and O–H groups in total. The van der Waals surface area contributed by atoms with Crippen LogP contribution in [0, 0.1) is 16.4 Å². The van der Waals surface area contributed by atoms with Crippen LogP contribution in [0.1, 0.15) is 0 Å². The van der Waals surface area contributed by atoms with Gasteiger partial charge in [0.2, 0.25) is 0 Å². The van der Waals surface area contributed by atoms with Crippen LogP contribution in [-0.2, 0) is 0 Å². The molecular formula is C14H10F2N2OS. The van der Waals surface area contributed by atoms with E-state index in [4.69, 9.17) is 17.0 Å². The fourth-order valence-corrected chi connectivity index (χ4v) is 2.42. The fraction of sp³-hybridized carbons (Fsp3) is 0.0714. The van der Waals surface area contributed by atoms with E-state index >= 15 is 0 Å². The lowest BCUT2D eigenvalue weighted by atomic mass is 10.2. The Morgan fingerprint density at radius 1 is 1.15 bits per heavy atom.